The highest BCUT2D eigenvalue weighted by Gasteiger charge is 2.29. The molecule has 2 heterocycles. The summed E-state index contributed by atoms with van der Waals surface area (Å²) in [4.78, 5) is 13.3. The zero-order valence-electron chi connectivity index (χ0n) is 12.4. The molecule has 1 unspecified atom stereocenters. The lowest BCUT2D eigenvalue weighted by atomic mass is 10.2. The second-order valence-corrected chi connectivity index (χ2v) is 8.73. The van der Waals surface area contributed by atoms with Gasteiger partial charge in [-0.25, -0.2) is 8.42 Å². The molecule has 1 aromatic heterocycles. The van der Waals surface area contributed by atoms with E-state index in [-0.39, 0.29) is 23.5 Å². The summed E-state index contributed by atoms with van der Waals surface area (Å²) in [7, 11) is -3.00. The first kappa shape index (κ1) is 16.0. The molecular formula is C16H17NO4S2. The normalized spacial score (nSPS) is 19.4. The number of benzene rings is 1. The molecule has 1 atom stereocenters. The summed E-state index contributed by atoms with van der Waals surface area (Å²) in [6.07, 6.45) is 0.475. The van der Waals surface area contributed by atoms with Gasteiger partial charge in [0.25, 0.3) is 5.91 Å². The summed E-state index contributed by atoms with van der Waals surface area (Å²) in [6.45, 7) is 0.462. The van der Waals surface area contributed by atoms with Crippen molar-refractivity contribution in [2.24, 2.45) is 0 Å². The minimum atomic E-state index is -3.00. The minimum absolute atomic E-state index is 0.0211. The predicted molar refractivity (Wildman–Crippen MR) is 89.6 cm³/mol. The minimum Gasteiger partial charge on any atom is -0.488 e. The monoisotopic (exact) mass is 351 g/mol. The maximum atomic E-state index is 12.2. The molecule has 1 saturated heterocycles. The van der Waals surface area contributed by atoms with E-state index in [0.717, 1.165) is 4.88 Å². The van der Waals surface area contributed by atoms with Crippen LogP contribution in [0, 0.1) is 0 Å². The molecule has 1 aromatic carbocycles. The van der Waals surface area contributed by atoms with Gasteiger partial charge in [0.2, 0.25) is 0 Å². The summed E-state index contributed by atoms with van der Waals surface area (Å²) in [6, 6.07) is 10.6. The van der Waals surface area contributed by atoms with Crippen LogP contribution < -0.4 is 10.1 Å². The van der Waals surface area contributed by atoms with Crippen molar-refractivity contribution in [3.63, 3.8) is 0 Å². The van der Waals surface area contributed by atoms with Gasteiger partial charge in [-0.1, -0.05) is 12.1 Å². The van der Waals surface area contributed by atoms with Crippen LogP contribution in [0.4, 0.5) is 0 Å². The van der Waals surface area contributed by atoms with Crippen molar-refractivity contribution in [3.8, 4) is 5.75 Å². The van der Waals surface area contributed by atoms with Crippen LogP contribution in [0.15, 0.2) is 41.8 Å². The van der Waals surface area contributed by atoms with E-state index >= 15 is 0 Å². The Hall–Kier alpha value is -1.86. The average Bonchev–Trinajstić information content (AvgIpc) is 3.15. The largest absolute Gasteiger partial charge is 0.488 e. The molecule has 5 nitrogen and oxygen atoms in total. The second kappa shape index (κ2) is 6.72. The molecule has 2 aromatic rings. The fraction of sp³-hybridized carbons (Fsp3) is 0.312. The van der Waals surface area contributed by atoms with Crippen LogP contribution in [0.25, 0.3) is 0 Å². The molecule has 1 aliphatic rings. The van der Waals surface area contributed by atoms with Crippen LogP contribution in [0.2, 0.25) is 0 Å². The highest BCUT2D eigenvalue weighted by molar-refractivity contribution is 7.91. The number of sulfone groups is 1. The number of thiophene rings is 1. The van der Waals surface area contributed by atoms with E-state index in [2.05, 4.69) is 5.32 Å². The number of rotatable bonds is 5. The molecule has 23 heavy (non-hydrogen) atoms. The Balaban J connectivity index is 1.61. The lowest BCUT2D eigenvalue weighted by molar-refractivity contribution is 0.0940. The Labute approximate surface area is 139 Å². The molecule has 122 valence electrons. The molecule has 1 fully saturated rings. The van der Waals surface area contributed by atoms with Crippen molar-refractivity contribution in [1.82, 2.24) is 5.32 Å². The van der Waals surface area contributed by atoms with Crippen molar-refractivity contribution in [1.29, 1.82) is 0 Å². The molecule has 0 bridgehead atoms. The number of hydrogen-bond acceptors (Lipinski definition) is 5. The van der Waals surface area contributed by atoms with Crippen LogP contribution in [-0.4, -0.2) is 31.9 Å². The third-order valence-corrected chi connectivity index (χ3v) is 6.24. The molecule has 1 aliphatic heterocycles. The van der Waals surface area contributed by atoms with Gasteiger partial charge in [-0.3, -0.25) is 4.79 Å². The summed E-state index contributed by atoms with van der Waals surface area (Å²) >= 11 is 1.61. The number of ether oxygens (including phenoxy) is 1. The van der Waals surface area contributed by atoms with E-state index < -0.39 is 9.84 Å². The maximum Gasteiger partial charge on any atom is 0.251 e. The van der Waals surface area contributed by atoms with Crippen LogP contribution in [-0.2, 0) is 16.4 Å². The average molecular weight is 351 g/mol. The van der Waals surface area contributed by atoms with Gasteiger partial charge in [-0.2, -0.15) is 0 Å². The number of nitrogens with one attached hydrogen (secondary N) is 1. The molecule has 0 radical (unpaired) electrons. The van der Waals surface area contributed by atoms with Gasteiger partial charge in [0, 0.05) is 16.5 Å². The van der Waals surface area contributed by atoms with Crippen LogP contribution >= 0.6 is 11.3 Å². The lowest BCUT2D eigenvalue weighted by Crippen LogP contribution is -2.35. The van der Waals surface area contributed by atoms with Gasteiger partial charge < -0.3 is 10.1 Å². The van der Waals surface area contributed by atoms with Crippen molar-refractivity contribution in [3.05, 3.63) is 52.2 Å². The van der Waals surface area contributed by atoms with Crippen molar-refractivity contribution < 1.29 is 17.9 Å². The van der Waals surface area contributed by atoms with Gasteiger partial charge in [0.05, 0.1) is 11.5 Å². The number of hydrogen-bond donors (Lipinski definition) is 1. The van der Waals surface area contributed by atoms with E-state index in [1.165, 1.54) is 0 Å². The third-order valence-electron chi connectivity index (χ3n) is 3.63. The Kier molecular flexibility index (Phi) is 4.68. The first-order valence-corrected chi connectivity index (χ1v) is 9.98. The van der Waals surface area contributed by atoms with Crippen molar-refractivity contribution in [2.45, 2.75) is 19.1 Å². The van der Waals surface area contributed by atoms with Gasteiger partial charge >= 0.3 is 0 Å². The zero-order valence-corrected chi connectivity index (χ0v) is 14.0. The number of carbonyl (C=O) groups excluding carboxylic acids is 1. The van der Waals surface area contributed by atoms with E-state index in [1.807, 2.05) is 17.5 Å². The third kappa shape index (κ3) is 4.33. The number of amides is 1. The van der Waals surface area contributed by atoms with E-state index in [0.29, 0.717) is 24.3 Å². The molecule has 1 N–H and O–H groups in total. The van der Waals surface area contributed by atoms with E-state index in [1.54, 1.807) is 35.6 Å². The maximum absolute atomic E-state index is 12.2. The summed E-state index contributed by atoms with van der Waals surface area (Å²) < 4.78 is 28.6. The standard InChI is InChI=1S/C16H17NO4S2/c18-16(17-13-6-8-23(19,20)11-13)12-3-1-4-14(9-12)21-10-15-5-2-7-22-15/h1-5,7,9,13H,6,8,10-11H2,(H,17,18). The molecule has 7 heteroatoms. The van der Waals surface area contributed by atoms with Gasteiger partial charge in [0.1, 0.15) is 12.4 Å². The predicted octanol–water partition coefficient (Wildman–Crippen LogP) is 2.24. The number of carbonyl (C=O) groups is 1. The Morgan fingerprint density at radius 1 is 1.30 bits per heavy atom. The summed E-state index contributed by atoms with van der Waals surface area (Å²) in [5.41, 5.74) is 0.470. The van der Waals surface area contributed by atoms with Crippen LogP contribution in [0.1, 0.15) is 21.7 Å². The quantitative estimate of drug-likeness (QED) is 0.897. The summed E-state index contributed by atoms with van der Waals surface area (Å²) in [5.74, 6) is 0.508. The Bertz CT molecular complexity index is 784. The van der Waals surface area contributed by atoms with Gasteiger partial charge in [-0.05, 0) is 36.1 Å². The van der Waals surface area contributed by atoms with E-state index in [9.17, 15) is 13.2 Å². The summed E-state index contributed by atoms with van der Waals surface area (Å²) in [5, 5.41) is 4.76. The second-order valence-electron chi connectivity index (χ2n) is 5.47. The smallest absolute Gasteiger partial charge is 0.251 e. The van der Waals surface area contributed by atoms with Crippen LogP contribution in [0.3, 0.4) is 0 Å². The highest BCUT2D eigenvalue weighted by atomic mass is 32.2. The Morgan fingerprint density at radius 3 is 2.87 bits per heavy atom. The first-order chi connectivity index (χ1) is 11.0. The Morgan fingerprint density at radius 2 is 2.17 bits per heavy atom. The van der Waals surface area contributed by atoms with Crippen LogP contribution in [0.5, 0.6) is 5.75 Å². The van der Waals surface area contributed by atoms with Gasteiger partial charge in [-0.15, -0.1) is 11.3 Å². The molecule has 3 rings (SSSR count). The SMILES string of the molecule is O=C(NC1CCS(=O)(=O)C1)c1cccc(OCc2cccs2)c1. The van der Waals surface area contributed by atoms with E-state index in [4.69, 9.17) is 4.74 Å². The van der Waals surface area contributed by atoms with Gasteiger partial charge in [0.15, 0.2) is 9.84 Å². The molecule has 1 amide bonds. The highest BCUT2D eigenvalue weighted by Crippen LogP contribution is 2.18. The fourth-order valence-corrected chi connectivity index (χ4v) is 4.74. The fourth-order valence-electron chi connectivity index (χ4n) is 2.45. The molecule has 0 saturated carbocycles. The van der Waals surface area contributed by atoms with Crippen molar-refractivity contribution >= 4 is 27.1 Å². The molecular weight excluding hydrogens is 334 g/mol. The topological polar surface area (TPSA) is 72.5 Å². The first-order valence-electron chi connectivity index (χ1n) is 7.28. The lowest BCUT2D eigenvalue weighted by Gasteiger charge is -2.12. The molecule has 0 spiro atoms. The van der Waals surface area contributed by atoms with Crippen molar-refractivity contribution in [2.75, 3.05) is 11.5 Å². The zero-order chi connectivity index (χ0) is 16.3. The molecule has 0 aliphatic carbocycles.